The third-order valence-electron chi connectivity index (χ3n) is 2.23. The third-order valence-corrected chi connectivity index (χ3v) is 2.23. The molecule has 0 amide bonds. The number of nitrogens with two attached hydrogens (primary N) is 1. The van der Waals surface area contributed by atoms with Crippen molar-refractivity contribution in [1.29, 1.82) is 0 Å². The fourth-order valence-corrected chi connectivity index (χ4v) is 1.33. The summed E-state index contributed by atoms with van der Waals surface area (Å²) in [6.45, 7) is 0. The molecule has 0 bridgehead atoms. The van der Waals surface area contributed by atoms with Gasteiger partial charge in [-0.25, -0.2) is 4.39 Å². The maximum atomic E-state index is 12.8. The van der Waals surface area contributed by atoms with E-state index in [1.165, 1.54) is 7.11 Å². The van der Waals surface area contributed by atoms with Crippen LogP contribution in [0.1, 0.15) is 11.6 Å². The van der Waals surface area contributed by atoms with E-state index in [-0.39, 0.29) is 23.7 Å². The van der Waals surface area contributed by atoms with E-state index in [9.17, 15) is 17.6 Å². The van der Waals surface area contributed by atoms with Crippen molar-refractivity contribution in [2.45, 2.75) is 18.3 Å². The monoisotopic (exact) mass is 289 g/mol. The topological polar surface area (TPSA) is 55.5 Å². The maximum absolute atomic E-state index is 12.8. The lowest BCUT2D eigenvalue weighted by Crippen LogP contribution is -2.39. The molecule has 0 radical (unpaired) electrons. The minimum Gasteiger partial charge on any atom is -0.496 e. The van der Waals surface area contributed by atoms with Crippen LogP contribution in [0.3, 0.4) is 0 Å². The van der Waals surface area contributed by atoms with Crippen molar-refractivity contribution in [3.63, 3.8) is 0 Å². The van der Waals surface area contributed by atoms with Crippen LogP contribution >= 0.6 is 12.4 Å². The Bertz CT molecular complexity index is 400. The van der Waals surface area contributed by atoms with Crippen LogP contribution in [0.5, 0.6) is 5.75 Å². The lowest BCUT2D eigenvalue weighted by molar-refractivity contribution is -0.210. The van der Waals surface area contributed by atoms with Crippen molar-refractivity contribution in [2.75, 3.05) is 7.11 Å². The molecule has 0 saturated heterocycles. The average molecular weight is 290 g/mol. The zero-order chi connectivity index (χ0) is 13.2. The van der Waals surface area contributed by atoms with E-state index in [4.69, 9.17) is 15.6 Å². The Hall–Kier alpha value is -1.05. The smallest absolute Gasteiger partial charge is 0.416 e. The van der Waals surface area contributed by atoms with Gasteiger partial charge >= 0.3 is 6.18 Å². The number of ether oxygens (including phenoxy) is 1. The van der Waals surface area contributed by atoms with Crippen molar-refractivity contribution in [3.05, 3.63) is 29.6 Å². The Morgan fingerprint density at radius 1 is 1.33 bits per heavy atom. The third kappa shape index (κ3) is 3.72. The molecule has 18 heavy (non-hydrogen) atoms. The normalized spacial score (nSPS) is 14.6. The molecular formula is C10H12ClF4NO2. The van der Waals surface area contributed by atoms with E-state index >= 15 is 0 Å². The van der Waals surface area contributed by atoms with Gasteiger partial charge in [-0.05, 0) is 6.07 Å². The second kappa shape index (κ2) is 6.21. The average Bonchev–Trinajstić information content (AvgIpc) is 2.25. The highest BCUT2D eigenvalue weighted by molar-refractivity contribution is 5.85. The standard InChI is InChI=1S/C10H11F4NO2.ClH/c1-17-7-4-5(11)2-3-6(7)8(15)9(16)10(12,13)14;/h2-4,8-9,16H,15H2,1H3;1H/t8-,9-;/m1./s1. The molecule has 0 heterocycles. The molecule has 0 aliphatic heterocycles. The first-order valence-corrected chi connectivity index (χ1v) is 4.61. The van der Waals surface area contributed by atoms with E-state index < -0.39 is 24.1 Å². The van der Waals surface area contributed by atoms with E-state index in [1.54, 1.807) is 0 Å². The summed E-state index contributed by atoms with van der Waals surface area (Å²) in [6, 6.07) is 1.16. The predicted octanol–water partition coefficient (Wildman–Crippen LogP) is 2.18. The molecule has 0 unspecified atom stereocenters. The van der Waals surface area contributed by atoms with Gasteiger partial charge in [-0.1, -0.05) is 6.07 Å². The first-order chi connectivity index (χ1) is 7.77. The molecule has 3 nitrogen and oxygen atoms in total. The van der Waals surface area contributed by atoms with E-state index in [2.05, 4.69) is 0 Å². The molecule has 2 atom stereocenters. The summed E-state index contributed by atoms with van der Waals surface area (Å²) in [5.41, 5.74) is 5.17. The van der Waals surface area contributed by atoms with Gasteiger partial charge in [0.25, 0.3) is 0 Å². The number of aliphatic hydroxyl groups excluding tert-OH is 1. The minimum atomic E-state index is -4.85. The number of benzene rings is 1. The number of alkyl halides is 3. The summed E-state index contributed by atoms with van der Waals surface area (Å²) in [5, 5.41) is 9.00. The summed E-state index contributed by atoms with van der Waals surface area (Å²) in [5.74, 6) is -0.805. The fraction of sp³-hybridized carbons (Fsp3) is 0.400. The Kier molecular flexibility index (Phi) is 5.85. The molecular weight excluding hydrogens is 278 g/mol. The lowest BCUT2D eigenvalue weighted by Gasteiger charge is -2.23. The second-order valence-electron chi connectivity index (χ2n) is 3.40. The van der Waals surface area contributed by atoms with Crippen molar-refractivity contribution in [3.8, 4) is 5.75 Å². The van der Waals surface area contributed by atoms with Crippen molar-refractivity contribution < 1.29 is 27.4 Å². The number of hydrogen-bond acceptors (Lipinski definition) is 3. The highest BCUT2D eigenvalue weighted by Crippen LogP contribution is 2.33. The zero-order valence-electron chi connectivity index (χ0n) is 9.24. The molecule has 0 aliphatic rings. The number of rotatable bonds is 3. The van der Waals surface area contributed by atoms with Crippen LogP contribution in [-0.4, -0.2) is 24.5 Å². The Morgan fingerprint density at radius 2 is 1.89 bits per heavy atom. The second-order valence-corrected chi connectivity index (χ2v) is 3.40. The largest absolute Gasteiger partial charge is 0.496 e. The van der Waals surface area contributed by atoms with E-state index in [1.807, 2.05) is 0 Å². The van der Waals surface area contributed by atoms with Gasteiger partial charge in [-0.3, -0.25) is 0 Å². The minimum absolute atomic E-state index is 0. The van der Waals surface area contributed by atoms with Crippen LogP contribution in [0.2, 0.25) is 0 Å². The van der Waals surface area contributed by atoms with E-state index in [0.29, 0.717) is 0 Å². The summed E-state index contributed by atoms with van der Waals surface area (Å²) in [6.07, 6.45) is -7.58. The SMILES string of the molecule is COc1cc(F)ccc1[C@@H](N)[C@@H](O)C(F)(F)F.Cl. The van der Waals surface area contributed by atoms with Gasteiger partial charge in [-0.15, -0.1) is 12.4 Å². The number of methoxy groups -OCH3 is 1. The summed E-state index contributed by atoms with van der Waals surface area (Å²) in [7, 11) is 1.17. The van der Waals surface area contributed by atoms with Crippen molar-refractivity contribution in [2.24, 2.45) is 5.73 Å². The van der Waals surface area contributed by atoms with Crippen LogP contribution in [0, 0.1) is 5.82 Å². The molecule has 3 N–H and O–H groups in total. The molecule has 104 valence electrons. The Morgan fingerprint density at radius 3 is 2.33 bits per heavy atom. The first kappa shape index (κ1) is 16.9. The van der Waals surface area contributed by atoms with Crippen LogP contribution in [-0.2, 0) is 0 Å². The molecule has 1 aromatic rings. The van der Waals surface area contributed by atoms with Crippen molar-refractivity contribution >= 4 is 12.4 Å². The number of aliphatic hydroxyl groups is 1. The number of hydrogen-bond donors (Lipinski definition) is 2. The summed E-state index contributed by atoms with van der Waals surface area (Å²) in [4.78, 5) is 0. The van der Waals surface area contributed by atoms with Crippen LogP contribution in [0.15, 0.2) is 18.2 Å². The zero-order valence-corrected chi connectivity index (χ0v) is 10.1. The first-order valence-electron chi connectivity index (χ1n) is 4.61. The fourth-order valence-electron chi connectivity index (χ4n) is 1.33. The molecule has 8 heteroatoms. The molecule has 0 spiro atoms. The molecule has 0 fully saturated rings. The molecule has 1 rings (SSSR count). The molecule has 1 aromatic carbocycles. The lowest BCUT2D eigenvalue weighted by atomic mass is 10.0. The summed E-state index contributed by atoms with van der Waals surface area (Å²) >= 11 is 0. The quantitative estimate of drug-likeness (QED) is 0.839. The van der Waals surface area contributed by atoms with Crippen LogP contribution in [0.25, 0.3) is 0 Å². The van der Waals surface area contributed by atoms with Gasteiger partial charge in [0.1, 0.15) is 11.6 Å². The summed E-state index contributed by atoms with van der Waals surface area (Å²) < 4.78 is 54.3. The highest BCUT2D eigenvalue weighted by Gasteiger charge is 2.43. The highest BCUT2D eigenvalue weighted by atomic mass is 35.5. The van der Waals surface area contributed by atoms with Gasteiger partial charge < -0.3 is 15.6 Å². The molecule has 0 aliphatic carbocycles. The van der Waals surface area contributed by atoms with Crippen LogP contribution < -0.4 is 10.5 Å². The van der Waals surface area contributed by atoms with Crippen molar-refractivity contribution in [1.82, 2.24) is 0 Å². The number of halogens is 5. The van der Waals surface area contributed by atoms with Crippen LogP contribution in [0.4, 0.5) is 17.6 Å². The van der Waals surface area contributed by atoms with Gasteiger partial charge in [0.05, 0.1) is 13.2 Å². The predicted molar refractivity (Wildman–Crippen MR) is 59.2 cm³/mol. The maximum Gasteiger partial charge on any atom is 0.416 e. The Balaban J connectivity index is 0.00000289. The van der Waals surface area contributed by atoms with Gasteiger partial charge in [0.2, 0.25) is 0 Å². The molecule has 0 saturated carbocycles. The van der Waals surface area contributed by atoms with E-state index in [0.717, 1.165) is 18.2 Å². The van der Waals surface area contributed by atoms with Gasteiger partial charge in [-0.2, -0.15) is 13.2 Å². The molecule has 0 aromatic heterocycles. The van der Waals surface area contributed by atoms with Gasteiger partial charge in [0, 0.05) is 11.6 Å². The van der Waals surface area contributed by atoms with Gasteiger partial charge in [0.15, 0.2) is 6.10 Å². The Labute approximate surface area is 107 Å².